The van der Waals surface area contributed by atoms with E-state index >= 15 is 0 Å². The molecule has 31 rings (SSSR count). The SMILES string of the molecule is c1ccc(-n2c3ccccc3c3cc4[nH]c5ccccc5c4cc32)cc1.c1ccc2c(c1)Cc1c-2ccc2c1[nH]c1ccccc12.c1ccc2c(c1)Cc1cc3c(cc1-2)[nH]c1ccccc13.c1ccc2c(c1)Cc1ccc3[nH]c4ccccc4c3c1-2.c1ccc2c(c1)[nH]c1c2ccc2c3ccccc3oc21.c1ccc2c(c1)[nH]c1ccc3oc4ccccc4c3c12. The maximum absolute atomic E-state index is 6.06. The number of nitrogens with one attached hydrogen (secondary N) is 6. The number of aromatic nitrogens is 7. The Morgan fingerprint density at radius 1 is 0.198 bits per heavy atom. The van der Waals surface area contributed by atoms with Gasteiger partial charge in [0.25, 0.3) is 0 Å². The second-order valence-electron chi connectivity index (χ2n) is 33.6. The minimum atomic E-state index is 0.939. The third kappa shape index (κ3) is 11.3. The fourth-order valence-electron chi connectivity index (χ4n) is 21.0. The normalized spacial score (nSPS) is 12.3. The molecule has 0 radical (unpaired) electrons. The summed E-state index contributed by atoms with van der Waals surface area (Å²) in [5, 5.41) is 22.8. The molecule has 19 aromatic carbocycles. The fourth-order valence-corrected chi connectivity index (χ4v) is 21.0. The Balaban J connectivity index is 0.0000000806. The molecule has 28 aromatic rings. The molecule has 126 heavy (non-hydrogen) atoms. The van der Waals surface area contributed by atoms with Crippen LogP contribution in [-0.2, 0) is 19.3 Å². The second-order valence-corrected chi connectivity index (χ2v) is 33.6. The number of fused-ring (bicyclic) bond motifs is 40. The molecule has 3 aliphatic rings. The number of para-hydroxylation sites is 10. The average molecular weight is 1610 g/mol. The van der Waals surface area contributed by atoms with E-state index in [0.717, 1.165) is 58.1 Å². The number of rotatable bonds is 1. The monoisotopic (exact) mass is 1610 g/mol. The van der Waals surface area contributed by atoms with Crippen molar-refractivity contribution in [2.75, 3.05) is 0 Å². The van der Waals surface area contributed by atoms with Crippen LogP contribution in [0.3, 0.4) is 0 Å². The maximum Gasteiger partial charge on any atom is 0.159 e. The molecule has 0 aliphatic heterocycles. The van der Waals surface area contributed by atoms with Gasteiger partial charge in [0.15, 0.2) is 5.58 Å². The Morgan fingerprint density at radius 2 is 0.651 bits per heavy atom. The minimum absolute atomic E-state index is 0.939. The van der Waals surface area contributed by atoms with Gasteiger partial charge in [0, 0.05) is 164 Å². The van der Waals surface area contributed by atoms with Gasteiger partial charge in [-0.05, 0) is 195 Å². The Labute approximate surface area is 721 Å². The summed E-state index contributed by atoms with van der Waals surface area (Å²) in [4.78, 5) is 21.2. The Kier molecular flexibility index (Phi) is 16.1. The standard InChI is InChI=1S/C24H16N2.3C19H13N.2C18H11NO/c1-2-8-16(9-3-1)26-23-13-7-5-11-18(23)20-14-22-19(15-24(20)26)17-10-4-6-12-21(17)25-22;1-2-6-14-12(5-1)9-13-10-17-15-7-3-4-8-18(15)20-19(17)11-16(13)14;1-2-6-14-12(5-1)11-13-9-10-17-19(18(13)14)15-7-3-4-8-16(15)20-17;1-2-6-13-12(5-1)11-17-14(13)9-10-16-15-7-3-4-8-18(15)20-19(16)17;1-3-7-15-11(5-1)13-9-10-14-12-6-2-4-8-16(12)20-18(14)17(13)19-15;1-3-7-13-11(5-1)17-14(19-13)9-10-16-18(17)12-6-2-4-8-15(12)20-16/h1-15,25H;1-8,10-11,20H,9H2;2*1-10,20H,11H2;2*1-10,19H. The largest absolute Gasteiger partial charge is 0.456 e. The minimum Gasteiger partial charge on any atom is -0.456 e. The van der Waals surface area contributed by atoms with Crippen molar-refractivity contribution in [1.82, 2.24) is 34.5 Å². The molecule has 592 valence electrons. The van der Waals surface area contributed by atoms with Crippen LogP contribution in [0.25, 0.3) is 236 Å². The van der Waals surface area contributed by atoms with E-state index in [1.807, 2.05) is 42.5 Å². The van der Waals surface area contributed by atoms with Gasteiger partial charge >= 0.3 is 0 Å². The molecule has 6 N–H and O–H groups in total. The van der Waals surface area contributed by atoms with E-state index in [9.17, 15) is 0 Å². The molecule has 0 bridgehead atoms. The van der Waals surface area contributed by atoms with Crippen LogP contribution in [0.15, 0.2) is 403 Å². The highest BCUT2D eigenvalue weighted by molar-refractivity contribution is 6.27. The highest BCUT2D eigenvalue weighted by Crippen LogP contribution is 2.48. The van der Waals surface area contributed by atoms with Crippen LogP contribution in [0.5, 0.6) is 0 Å². The van der Waals surface area contributed by atoms with E-state index in [1.54, 1.807) is 0 Å². The van der Waals surface area contributed by atoms with Crippen molar-refractivity contribution < 1.29 is 8.83 Å². The Bertz CT molecular complexity index is 9110. The second kappa shape index (κ2) is 28.5. The first-order valence-corrected chi connectivity index (χ1v) is 43.4. The number of benzene rings is 19. The Morgan fingerprint density at radius 3 is 1.33 bits per heavy atom. The van der Waals surface area contributed by atoms with Crippen molar-refractivity contribution in [3.8, 4) is 39.1 Å². The first-order valence-electron chi connectivity index (χ1n) is 43.4. The molecule has 9 nitrogen and oxygen atoms in total. The van der Waals surface area contributed by atoms with E-state index in [1.165, 1.54) is 230 Å². The smallest absolute Gasteiger partial charge is 0.159 e. The number of hydrogen-bond acceptors (Lipinski definition) is 2. The number of H-pyrrole nitrogens is 6. The summed E-state index contributed by atoms with van der Waals surface area (Å²) in [6.45, 7) is 0. The van der Waals surface area contributed by atoms with Gasteiger partial charge in [0.2, 0.25) is 0 Å². The topological polar surface area (TPSA) is 126 Å². The average Bonchev–Trinajstić information content (AvgIpc) is 1.64. The van der Waals surface area contributed by atoms with Gasteiger partial charge in [0.05, 0.1) is 22.1 Å². The molecule has 0 amide bonds. The molecule has 9 aromatic heterocycles. The van der Waals surface area contributed by atoms with Crippen molar-refractivity contribution in [2.24, 2.45) is 0 Å². The van der Waals surface area contributed by atoms with Crippen LogP contribution in [0.2, 0.25) is 0 Å². The van der Waals surface area contributed by atoms with Crippen LogP contribution in [0, 0.1) is 0 Å². The highest BCUT2D eigenvalue weighted by Gasteiger charge is 2.26. The zero-order valence-corrected chi connectivity index (χ0v) is 68.4. The van der Waals surface area contributed by atoms with E-state index in [2.05, 4.69) is 386 Å². The summed E-state index contributed by atoms with van der Waals surface area (Å²) < 4.78 is 14.4. The van der Waals surface area contributed by atoms with Gasteiger partial charge in [-0.1, -0.05) is 279 Å². The third-order valence-electron chi connectivity index (χ3n) is 26.7. The van der Waals surface area contributed by atoms with Crippen LogP contribution < -0.4 is 0 Å². The molecule has 0 saturated heterocycles. The highest BCUT2D eigenvalue weighted by atomic mass is 16.3. The lowest BCUT2D eigenvalue weighted by Crippen LogP contribution is -1.92. The zero-order chi connectivity index (χ0) is 82.6. The summed E-state index contributed by atoms with van der Waals surface area (Å²) in [6.07, 6.45) is 3.15. The van der Waals surface area contributed by atoms with Crippen molar-refractivity contribution in [1.29, 1.82) is 0 Å². The number of furan rings is 2. The number of nitrogens with zero attached hydrogens (tertiary/aromatic N) is 1. The van der Waals surface area contributed by atoms with E-state index in [4.69, 9.17) is 8.83 Å². The van der Waals surface area contributed by atoms with Crippen molar-refractivity contribution in [3.63, 3.8) is 0 Å². The molecular formula is C117H77N7O2. The van der Waals surface area contributed by atoms with Crippen LogP contribution >= 0.6 is 0 Å². The zero-order valence-electron chi connectivity index (χ0n) is 68.4. The predicted octanol–water partition coefficient (Wildman–Crippen LogP) is 31.5. The molecule has 0 atom stereocenters. The van der Waals surface area contributed by atoms with Gasteiger partial charge in [-0.2, -0.15) is 0 Å². The predicted molar refractivity (Wildman–Crippen MR) is 528 cm³/mol. The summed E-state index contributed by atoms with van der Waals surface area (Å²) in [6, 6.07) is 140. The Hall–Kier alpha value is -16.6. The van der Waals surface area contributed by atoms with Crippen molar-refractivity contribution in [2.45, 2.75) is 19.3 Å². The van der Waals surface area contributed by atoms with Gasteiger partial charge in [-0.3, -0.25) is 0 Å². The van der Waals surface area contributed by atoms with Crippen LogP contribution in [0.4, 0.5) is 0 Å². The van der Waals surface area contributed by atoms with E-state index < -0.39 is 0 Å². The fraction of sp³-hybridized carbons (Fsp3) is 0.0256. The number of hydrogen-bond donors (Lipinski definition) is 6. The lowest BCUT2D eigenvalue weighted by atomic mass is 9.99. The van der Waals surface area contributed by atoms with Gasteiger partial charge < -0.3 is 43.3 Å². The molecule has 3 aliphatic carbocycles. The maximum atomic E-state index is 6.06. The van der Waals surface area contributed by atoms with Crippen molar-refractivity contribution >= 4 is 197 Å². The quantitative estimate of drug-likeness (QED) is 0.0980. The van der Waals surface area contributed by atoms with E-state index in [-0.39, 0.29) is 0 Å². The summed E-state index contributed by atoms with van der Waals surface area (Å²) in [7, 11) is 0. The number of aromatic amines is 6. The third-order valence-corrected chi connectivity index (χ3v) is 26.7. The molecule has 9 heteroatoms. The lowest BCUT2D eigenvalue weighted by Gasteiger charge is -2.07. The first kappa shape index (κ1) is 71.1. The van der Waals surface area contributed by atoms with Gasteiger partial charge in [-0.25, -0.2) is 0 Å². The molecule has 0 unspecified atom stereocenters. The first-order chi connectivity index (χ1) is 62.5. The molecule has 0 spiro atoms. The van der Waals surface area contributed by atoms with Crippen LogP contribution in [0.1, 0.15) is 33.4 Å². The molecular weight excluding hydrogens is 1540 g/mol. The molecule has 0 fully saturated rings. The molecule has 9 heterocycles. The van der Waals surface area contributed by atoms with E-state index in [0.29, 0.717) is 0 Å². The van der Waals surface area contributed by atoms with Gasteiger partial charge in [-0.15, -0.1) is 0 Å². The van der Waals surface area contributed by atoms with Crippen LogP contribution in [-0.4, -0.2) is 34.5 Å². The summed E-state index contributed by atoms with van der Waals surface area (Å²) in [5.74, 6) is 0. The van der Waals surface area contributed by atoms with Gasteiger partial charge in [0.1, 0.15) is 16.7 Å². The van der Waals surface area contributed by atoms with Crippen molar-refractivity contribution in [3.05, 3.63) is 428 Å². The molecule has 0 saturated carbocycles. The summed E-state index contributed by atoms with van der Waals surface area (Å²) >= 11 is 0. The summed E-state index contributed by atoms with van der Waals surface area (Å²) in [5.41, 5.74) is 38.9. The lowest BCUT2D eigenvalue weighted by molar-refractivity contribution is 0.669.